The van der Waals surface area contributed by atoms with Gasteiger partial charge in [-0.2, -0.15) is 0 Å². The van der Waals surface area contributed by atoms with Crippen molar-refractivity contribution in [2.45, 2.75) is 50.2 Å². The van der Waals surface area contributed by atoms with Crippen molar-refractivity contribution < 1.29 is 14.7 Å². The van der Waals surface area contributed by atoms with E-state index in [1.165, 1.54) is 0 Å². The smallest absolute Gasteiger partial charge is 0.251 e. The number of aliphatic hydroxyl groups is 1. The molecule has 1 saturated heterocycles. The Bertz CT molecular complexity index is 979. The van der Waals surface area contributed by atoms with Crippen LogP contribution >= 0.6 is 0 Å². The Balaban J connectivity index is 1.38. The highest BCUT2D eigenvalue weighted by Gasteiger charge is 2.47. The second-order valence-corrected chi connectivity index (χ2v) is 9.29. The van der Waals surface area contributed by atoms with Crippen molar-refractivity contribution in [1.82, 2.24) is 10.2 Å². The Morgan fingerprint density at radius 3 is 2.56 bits per heavy atom. The van der Waals surface area contributed by atoms with Gasteiger partial charge in [0, 0.05) is 29.8 Å². The number of para-hydroxylation sites is 1. The molecule has 6 nitrogen and oxygen atoms in total. The highest BCUT2D eigenvalue weighted by Crippen LogP contribution is 2.47. The molecule has 168 valence electrons. The molecule has 2 fully saturated rings. The number of aliphatic hydroxyl groups excluding tert-OH is 1. The summed E-state index contributed by atoms with van der Waals surface area (Å²) >= 11 is 0. The molecule has 3 N–H and O–H groups in total. The lowest BCUT2D eigenvalue weighted by molar-refractivity contribution is -0.139. The summed E-state index contributed by atoms with van der Waals surface area (Å²) < 4.78 is 0. The van der Waals surface area contributed by atoms with Crippen LogP contribution in [-0.4, -0.2) is 47.1 Å². The summed E-state index contributed by atoms with van der Waals surface area (Å²) in [5, 5.41) is 16.6. The number of hydrogen-bond acceptors (Lipinski definition) is 4. The van der Waals surface area contributed by atoms with Crippen molar-refractivity contribution in [1.29, 1.82) is 0 Å². The van der Waals surface area contributed by atoms with Crippen molar-refractivity contribution in [3.05, 3.63) is 65.7 Å². The molecule has 0 radical (unpaired) electrons. The zero-order valence-electron chi connectivity index (χ0n) is 18.2. The molecule has 6 heteroatoms. The average Bonchev–Trinajstić information content (AvgIpc) is 3.29. The summed E-state index contributed by atoms with van der Waals surface area (Å²) in [5.74, 6) is 0.0238. The molecule has 5 rings (SSSR count). The molecule has 3 aliphatic rings. The van der Waals surface area contributed by atoms with Gasteiger partial charge in [-0.1, -0.05) is 49.2 Å². The minimum atomic E-state index is -0.204. The molecule has 5 atom stereocenters. The first-order valence-corrected chi connectivity index (χ1v) is 11.8. The van der Waals surface area contributed by atoms with Crippen molar-refractivity contribution in [2.24, 2.45) is 11.8 Å². The van der Waals surface area contributed by atoms with Gasteiger partial charge in [-0.25, -0.2) is 0 Å². The fourth-order valence-corrected chi connectivity index (χ4v) is 5.91. The van der Waals surface area contributed by atoms with Crippen molar-refractivity contribution in [2.75, 3.05) is 18.5 Å². The lowest BCUT2D eigenvalue weighted by atomic mass is 9.81. The monoisotopic (exact) mass is 433 g/mol. The predicted octanol–water partition coefficient (Wildman–Crippen LogP) is 3.35. The van der Waals surface area contributed by atoms with Crippen molar-refractivity contribution >= 4 is 17.5 Å². The van der Waals surface area contributed by atoms with Crippen LogP contribution in [0.5, 0.6) is 0 Å². The highest BCUT2D eigenvalue weighted by atomic mass is 16.3. The Kier molecular flexibility index (Phi) is 5.87. The zero-order valence-corrected chi connectivity index (χ0v) is 18.2. The van der Waals surface area contributed by atoms with Gasteiger partial charge in [0.2, 0.25) is 5.91 Å². The summed E-state index contributed by atoms with van der Waals surface area (Å²) in [5.41, 5.74) is 2.77. The Morgan fingerprint density at radius 1 is 1.00 bits per heavy atom. The SMILES string of the molecule is O=C(N[C@@H]1CCCC[C@@H]1C(=O)N1CCC2C(CO)Nc3ccccc3[C@@H]21)c1ccccc1. The number of nitrogens with one attached hydrogen (secondary N) is 2. The van der Waals surface area contributed by atoms with Gasteiger partial charge < -0.3 is 20.6 Å². The van der Waals surface area contributed by atoms with E-state index < -0.39 is 0 Å². The van der Waals surface area contributed by atoms with Crippen LogP contribution in [0.25, 0.3) is 0 Å². The first-order chi connectivity index (χ1) is 15.7. The van der Waals surface area contributed by atoms with Crippen LogP contribution < -0.4 is 10.6 Å². The van der Waals surface area contributed by atoms with Gasteiger partial charge in [-0.15, -0.1) is 0 Å². The van der Waals surface area contributed by atoms with Crippen LogP contribution in [0.2, 0.25) is 0 Å². The van der Waals surface area contributed by atoms with Crippen LogP contribution in [0.3, 0.4) is 0 Å². The van der Waals surface area contributed by atoms with Gasteiger partial charge in [0.1, 0.15) is 0 Å². The third kappa shape index (κ3) is 3.77. The fourth-order valence-electron chi connectivity index (χ4n) is 5.91. The van der Waals surface area contributed by atoms with E-state index in [0.717, 1.165) is 43.4 Å². The van der Waals surface area contributed by atoms with Gasteiger partial charge in [-0.05, 0) is 43.0 Å². The normalized spacial score (nSPS) is 28.9. The maximum absolute atomic E-state index is 13.9. The number of rotatable bonds is 4. The first kappa shape index (κ1) is 21.0. The molecule has 2 aliphatic heterocycles. The van der Waals surface area contributed by atoms with Crippen LogP contribution in [0.15, 0.2) is 54.6 Å². The molecule has 2 heterocycles. The number of nitrogens with zero attached hydrogens (tertiary/aromatic N) is 1. The maximum atomic E-state index is 13.9. The Morgan fingerprint density at radius 2 is 1.75 bits per heavy atom. The molecule has 2 unspecified atom stereocenters. The predicted molar refractivity (Wildman–Crippen MR) is 123 cm³/mol. The van der Waals surface area contributed by atoms with E-state index in [1.807, 2.05) is 41.3 Å². The third-order valence-electron chi connectivity index (χ3n) is 7.50. The standard InChI is InChI=1S/C26H31N3O3/c30-16-23-19-14-15-29(24(19)18-10-4-6-12-21(18)27-23)26(32)20-11-5-7-13-22(20)28-25(31)17-8-2-1-3-9-17/h1-4,6,8-10,12,19-20,22-24,27,30H,5,7,11,13-16H2,(H,28,31)/t19?,20-,22+,23?,24-/m0/s1. The van der Waals surface area contributed by atoms with Gasteiger partial charge in [0.05, 0.1) is 24.6 Å². The van der Waals surface area contributed by atoms with Crippen LogP contribution in [0, 0.1) is 11.8 Å². The maximum Gasteiger partial charge on any atom is 0.251 e. The highest BCUT2D eigenvalue weighted by molar-refractivity contribution is 5.94. The average molecular weight is 434 g/mol. The van der Waals surface area contributed by atoms with E-state index in [0.29, 0.717) is 12.1 Å². The van der Waals surface area contributed by atoms with E-state index in [2.05, 4.69) is 16.7 Å². The number of amides is 2. The van der Waals surface area contributed by atoms with Crippen LogP contribution in [-0.2, 0) is 4.79 Å². The van der Waals surface area contributed by atoms with Crippen molar-refractivity contribution in [3.63, 3.8) is 0 Å². The van der Waals surface area contributed by atoms with Gasteiger partial charge in [-0.3, -0.25) is 9.59 Å². The third-order valence-corrected chi connectivity index (χ3v) is 7.50. The Hall–Kier alpha value is -2.86. The van der Waals surface area contributed by atoms with Crippen molar-refractivity contribution in [3.8, 4) is 0 Å². The van der Waals surface area contributed by atoms with E-state index >= 15 is 0 Å². The van der Waals surface area contributed by atoms with Gasteiger partial charge >= 0.3 is 0 Å². The molecule has 2 aromatic carbocycles. The molecular formula is C26H31N3O3. The number of anilines is 1. The second kappa shape index (κ2) is 8.94. The quantitative estimate of drug-likeness (QED) is 0.691. The number of fused-ring (bicyclic) bond motifs is 3. The molecule has 0 aromatic heterocycles. The first-order valence-electron chi connectivity index (χ1n) is 11.8. The lowest BCUT2D eigenvalue weighted by Crippen LogP contribution is -2.50. The largest absolute Gasteiger partial charge is 0.394 e. The minimum Gasteiger partial charge on any atom is -0.394 e. The number of carbonyl (C=O) groups is 2. The van der Waals surface area contributed by atoms with Gasteiger partial charge in [0.15, 0.2) is 0 Å². The Labute approximate surface area is 189 Å². The number of carbonyl (C=O) groups excluding carboxylic acids is 2. The van der Waals surface area contributed by atoms with E-state index in [1.54, 1.807) is 12.1 Å². The summed E-state index contributed by atoms with van der Waals surface area (Å²) in [7, 11) is 0. The zero-order chi connectivity index (χ0) is 22.1. The van der Waals surface area contributed by atoms with Crippen LogP contribution in [0.1, 0.15) is 54.1 Å². The summed E-state index contributed by atoms with van der Waals surface area (Å²) in [6.45, 7) is 0.743. The minimum absolute atomic E-state index is 0.0236. The summed E-state index contributed by atoms with van der Waals surface area (Å²) in [6, 6.07) is 17.1. The number of hydrogen-bond donors (Lipinski definition) is 3. The lowest BCUT2D eigenvalue weighted by Gasteiger charge is -2.41. The fraction of sp³-hybridized carbons (Fsp3) is 0.462. The second-order valence-electron chi connectivity index (χ2n) is 9.29. The van der Waals surface area contributed by atoms with E-state index in [4.69, 9.17) is 0 Å². The molecule has 0 bridgehead atoms. The molecule has 1 saturated carbocycles. The molecule has 2 amide bonds. The molecule has 2 aromatic rings. The number of benzene rings is 2. The number of likely N-dealkylation sites (tertiary alicyclic amines) is 1. The van der Waals surface area contributed by atoms with Gasteiger partial charge in [0.25, 0.3) is 5.91 Å². The molecular weight excluding hydrogens is 402 g/mol. The topological polar surface area (TPSA) is 81.7 Å². The van der Waals surface area contributed by atoms with E-state index in [-0.39, 0.29) is 48.4 Å². The molecule has 1 aliphatic carbocycles. The molecule has 0 spiro atoms. The van der Waals surface area contributed by atoms with E-state index in [9.17, 15) is 14.7 Å². The summed E-state index contributed by atoms with van der Waals surface area (Å²) in [6.07, 6.45) is 4.53. The van der Waals surface area contributed by atoms with Crippen LogP contribution in [0.4, 0.5) is 5.69 Å². The summed E-state index contributed by atoms with van der Waals surface area (Å²) in [4.78, 5) is 28.7. The molecule has 32 heavy (non-hydrogen) atoms.